The van der Waals surface area contributed by atoms with Crippen molar-refractivity contribution in [3.63, 3.8) is 0 Å². The molecule has 2 aromatic carbocycles. The number of nitrogen functional groups attached to an aromatic ring is 1. The van der Waals surface area contributed by atoms with Gasteiger partial charge in [0.1, 0.15) is 17.4 Å². The van der Waals surface area contributed by atoms with Gasteiger partial charge in [-0.05, 0) is 80.9 Å². The number of hydrogen-bond donors (Lipinski definition) is 3. The maximum absolute atomic E-state index is 13.8. The molecule has 1 fully saturated rings. The fourth-order valence-corrected chi connectivity index (χ4v) is 6.07. The fraction of sp³-hybridized carbons (Fsp3) is 0.176. The van der Waals surface area contributed by atoms with Crippen molar-refractivity contribution < 1.29 is 4.79 Å². The first kappa shape index (κ1) is 28.1. The van der Waals surface area contributed by atoms with Crippen molar-refractivity contribution in [2.24, 2.45) is 0 Å². The monoisotopic (exact) mass is 597 g/mol. The highest BCUT2D eigenvalue weighted by Crippen LogP contribution is 2.36. The van der Waals surface area contributed by atoms with Gasteiger partial charge in [-0.1, -0.05) is 30.3 Å². The molecule has 0 unspecified atom stereocenters. The van der Waals surface area contributed by atoms with E-state index in [0.717, 1.165) is 48.3 Å². The number of aromatic nitrogens is 6. The third kappa shape index (κ3) is 5.23. The molecule has 0 radical (unpaired) electrons. The van der Waals surface area contributed by atoms with E-state index < -0.39 is 11.5 Å². The van der Waals surface area contributed by atoms with Crippen LogP contribution in [0.15, 0.2) is 96.3 Å². The summed E-state index contributed by atoms with van der Waals surface area (Å²) in [6.07, 6.45) is 6.78. The molecule has 0 bridgehead atoms. The van der Waals surface area contributed by atoms with Crippen LogP contribution in [0.1, 0.15) is 40.5 Å². The molecule has 1 saturated heterocycles. The summed E-state index contributed by atoms with van der Waals surface area (Å²) in [6.45, 7) is 3.74. The molecule has 0 aliphatic carbocycles. The Hall–Kier alpha value is -5.68. The Kier molecular flexibility index (Phi) is 7.36. The Labute approximate surface area is 258 Å². The topological polar surface area (TPSA) is 145 Å². The molecule has 45 heavy (non-hydrogen) atoms. The van der Waals surface area contributed by atoms with Gasteiger partial charge in [-0.25, -0.2) is 19.5 Å². The minimum absolute atomic E-state index is 0.0223. The van der Waals surface area contributed by atoms with E-state index in [1.165, 1.54) is 10.9 Å². The van der Waals surface area contributed by atoms with Gasteiger partial charge in [-0.3, -0.25) is 14.2 Å². The lowest BCUT2D eigenvalue weighted by Gasteiger charge is -2.22. The predicted octanol–water partition coefficient (Wildman–Crippen LogP) is 4.61. The Balaban J connectivity index is 1.23. The molecule has 6 aromatic rings. The molecular weight excluding hydrogens is 566 g/mol. The maximum atomic E-state index is 13.8. The summed E-state index contributed by atoms with van der Waals surface area (Å²) in [5.41, 5.74) is 12.0. The van der Waals surface area contributed by atoms with Crippen molar-refractivity contribution in [1.82, 2.24) is 34.4 Å². The molecule has 0 spiro atoms. The molecule has 1 aliphatic rings. The Morgan fingerprint density at radius 2 is 1.67 bits per heavy atom. The summed E-state index contributed by atoms with van der Waals surface area (Å²) in [5.74, 6) is 0.658. The van der Waals surface area contributed by atoms with E-state index in [2.05, 4.69) is 36.8 Å². The van der Waals surface area contributed by atoms with Crippen LogP contribution in [-0.4, -0.2) is 48.1 Å². The summed E-state index contributed by atoms with van der Waals surface area (Å²) in [6, 6.07) is 22.1. The second-order valence-electron chi connectivity index (χ2n) is 11.0. The fourth-order valence-electron chi connectivity index (χ4n) is 6.07. The molecule has 0 atom stereocenters. The zero-order valence-electron chi connectivity index (χ0n) is 24.6. The molecule has 1 amide bonds. The number of anilines is 2. The van der Waals surface area contributed by atoms with Crippen molar-refractivity contribution in [2.45, 2.75) is 25.7 Å². The Bertz CT molecular complexity index is 2070. The summed E-state index contributed by atoms with van der Waals surface area (Å²) >= 11 is 0. The first-order valence-electron chi connectivity index (χ1n) is 14.8. The van der Waals surface area contributed by atoms with Gasteiger partial charge >= 0.3 is 0 Å². The van der Waals surface area contributed by atoms with E-state index in [1.807, 2.05) is 66.0 Å². The molecular formula is C34H31N9O2. The highest BCUT2D eigenvalue weighted by atomic mass is 16.2. The van der Waals surface area contributed by atoms with Gasteiger partial charge in [-0.15, -0.1) is 0 Å². The van der Waals surface area contributed by atoms with Crippen molar-refractivity contribution in [3.8, 4) is 28.2 Å². The highest BCUT2D eigenvalue weighted by molar-refractivity contribution is 6.05. The zero-order chi connectivity index (χ0) is 30.9. The molecule has 4 N–H and O–H groups in total. The number of fused-ring (bicyclic) bond motifs is 1. The molecule has 7 rings (SSSR count). The first-order chi connectivity index (χ1) is 22.0. The lowest BCUT2D eigenvalue weighted by atomic mass is 9.94. The number of carbonyl (C=O) groups is 1. The van der Waals surface area contributed by atoms with Gasteiger partial charge in [0, 0.05) is 52.2 Å². The molecule has 4 aromatic heterocycles. The average Bonchev–Trinajstić information content (AvgIpc) is 3.47. The summed E-state index contributed by atoms with van der Waals surface area (Å²) in [4.78, 5) is 40.4. The average molecular weight is 598 g/mol. The van der Waals surface area contributed by atoms with E-state index in [9.17, 15) is 9.59 Å². The van der Waals surface area contributed by atoms with Crippen LogP contribution in [0.5, 0.6) is 0 Å². The van der Waals surface area contributed by atoms with Gasteiger partial charge in [0.2, 0.25) is 0 Å². The number of hydrogen-bond acceptors (Lipinski definition) is 8. The molecule has 11 heteroatoms. The lowest BCUT2D eigenvalue weighted by Crippen LogP contribution is -2.30. The quantitative estimate of drug-likeness (QED) is 0.252. The second-order valence-corrected chi connectivity index (χ2v) is 11.0. The van der Waals surface area contributed by atoms with Crippen molar-refractivity contribution >= 4 is 22.9 Å². The SMILES string of the molecule is Cc1c(-c2ncccn2)cc(C(=O)Nc2ccc(-c3cc(C4CCNCC4)n4ncnc(N)c34)cc2)c(=O)n1-c1ccccc1. The van der Waals surface area contributed by atoms with E-state index in [4.69, 9.17) is 5.73 Å². The zero-order valence-corrected chi connectivity index (χ0v) is 24.6. The van der Waals surface area contributed by atoms with Crippen LogP contribution >= 0.6 is 0 Å². The number of nitrogens with two attached hydrogens (primary N) is 1. The smallest absolute Gasteiger partial charge is 0.268 e. The van der Waals surface area contributed by atoms with E-state index in [-0.39, 0.29) is 5.56 Å². The Morgan fingerprint density at radius 1 is 0.933 bits per heavy atom. The van der Waals surface area contributed by atoms with Crippen LogP contribution < -0.4 is 21.9 Å². The number of nitrogens with one attached hydrogen (secondary N) is 2. The summed E-state index contributed by atoms with van der Waals surface area (Å²) in [5, 5.41) is 10.9. The van der Waals surface area contributed by atoms with Crippen LogP contribution in [-0.2, 0) is 0 Å². The maximum Gasteiger partial charge on any atom is 0.268 e. The largest absolute Gasteiger partial charge is 0.382 e. The minimum atomic E-state index is -0.533. The van der Waals surface area contributed by atoms with Crippen molar-refractivity contribution in [2.75, 3.05) is 24.1 Å². The molecule has 0 saturated carbocycles. The molecule has 1 aliphatic heterocycles. The molecule has 5 heterocycles. The number of piperidine rings is 1. The lowest BCUT2D eigenvalue weighted by molar-refractivity contribution is 0.102. The summed E-state index contributed by atoms with van der Waals surface area (Å²) in [7, 11) is 0. The van der Waals surface area contributed by atoms with Crippen LogP contribution in [0.3, 0.4) is 0 Å². The predicted molar refractivity (Wildman–Crippen MR) is 173 cm³/mol. The van der Waals surface area contributed by atoms with Crippen LogP contribution in [0.25, 0.3) is 33.7 Å². The molecule has 11 nitrogen and oxygen atoms in total. The normalized spacial score (nSPS) is 13.6. The molecule has 224 valence electrons. The Morgan fingerprint density at radius 3 is 2.40 bits per heavy atom. The first-order valence-corrected chi connectivity index (χ1v) is 14.8. The number of nitrogens with zero attached hydrogens (tertiary/aromatic N) is 6. The number of amides is 1. The van der Waals surface area contributed by atoms with Gasteiger partial charge < -0.3 is 16.4 Å². The highest BCUT2D eigenvalue weighted by Gasteiger charge is 2.24. The number of benzene rings is 2. The third-order valence-electron chi connectivity index (χ3n) is 8.33. The van der Waals surface area contributed by atoms with Crippen LogP contribution in [0.4, 0.5) is 11.5 Å². The number of pyridine rings is 1. The van der Waals surface area contributed by atoms with Crippen molar-refractivity contribution in [1.29, 1.82) is 0 Å². The van der Waals surface area contributed by atoms with Gasteiger partial charge in [-0.2, -0.15) is 5.10 Å². The van der Waals surface area contributed by atoms with Gasteiger partial charge in [0.25, 0.3) is 11.5 Å². The second kappa shape index (κ2) is 11.8. The number of para-hydroxylation sites is 1. The van der Waals surface area contributed by atoms with E-state index in [1.54, 1.807) is 24.5 Å². The van der Waals surface area contributed by atoms with E-state index in [0.29, 0.717) is 40.2 Å². The summed E-state index contributed by atoms with van der Waals surface area (Å²) < 4.78 is 3.43. The van der Waals surface area contributed by atoms with Crippen LogP contribution in [0.2, 0.25) is 0 Å². The third-order valence-corrected chi connectivity index (χ3v) is 8.33. The van der Waals surface area contributed by atoms with Crippen molar-refractivity contribution in [3.05, 3.63) is 119 Å². The number of rotatable bonds is 6. The standard InChI is InChI=1S/C34H31N9O2/c1-21-26(32-37-14-5-15-38-32)18-28(34(45)42(21)25-6-3-2-4-7-25)33(44)41-24-10-8-22(9-11-24)27-19-29(23-12-16-36-17-13-23)43-30(27)31(35)39-20-40-43/h2-11,14-15,18-20,23,36H,12-13,16-17H2,1H3,(H,41,44)(H2,35,39,40). The van der Waals surface area contributed by atoms with E-state index >= 15 is 0 Å². The van der Waals surface area contributed by atoms with Gasteiger partial charge in [0.05, 0.1) is 0 Å². The minimum Gasteiger partial charge on any atom is -0.382 e. The number of carbonyl (C=O) groups excluding carboxylic acids is 1. The van der Waals surface area contributed by atoms with Crippen LogP contribution in [0, 0.1) is 6.92 Å². The van der Waals surface area contributed by atoms with Gasteiger partial charge in [0.15, 0.2) is 11.6 Å².